The highest BCUT2D eigenvalue weighted by molar-refractivity contribution is 14.1. The van der Waals surface area contributed by atoms with E-state index >= 15 is 0 Å². The van der Waals surface area contributed by atoms with E-state index in [1.165, 1.54) is 11.8 Å². The van der Waals surface area contributed by atoms with Gasteiger partial charge in [-0.05, 0) is 40.6 Å². The van der Waals surface area contributed by atoms with Gasteiger partial charge >= 0.3 is 0 Å². The first-order chi connectivity index (χ1) is 8.56. The number of thioether (sulfide) groups is 1. The van der Waals surface area contributed by atoms with Gasteiger partial charge in [0.1, 0.15) is 3.70 Å². The van der Waals surface area contributed by atoms with Gasteiger partial charge in [0.15, 0.2) is 10.9 Å². The maximum Gasteiger partial charge on any atom is 0.228 e. The number of anilines is 1. The van der Waals surface area contributed by atoms with E-state index < -0.39 is 0 Å². The molecule has 0 aliphatic carbocycles. The van der Waals surface area contributed by atoms with Crippen LogP contribution in [0.15, 0.2) is 12.1 Å². The zero-order valence-corrected chi connectivity index (χ0v) is 12.8. The molecule has 2 heterocycles. The van der Waals surface area contributed by atoms with Crippen LogP contribution in [0.25, 0.3) is 0 Å². The van der Waals surface area contributed by atoms with Gasteiger partial charge in [-0.1, -0.05) is 11.8 Å². The van der Waals surface area contributed by atoms with Crippen LogP contribution < -0.4 is 4.90 Å². The summed E-state index contributed by atoms with van der Waals surface area (Å²) in [6.07, 6.45) is 0.480. The maximum absolute atomic E-state index is 11.9. The molecule has 0 saturated carbocycles. The van der Waals surface area contributed by atoms with Gasteiger partial charge in [-0.15, -0.1) is 10.2 Å². The van der Waals surface area contributed by atoms with Crippen LogP contribution in [0.4, 0.5) is 5.82 Å². The second kappa shape index (κ2) is 5.96. The average Bonchev–Trinajstić information content (AvgIpc) is 2.69. The smallest absolute Gasteiger partial charge is 0.228 e. The lowest BCUT2D eigenvalue weighted by molar-refractivity contribution is -0.117. The van der Waals surface area contributed by atoms with Gasteiger partial charge in [0, 0.05) is 25.6 Å². The number of hydrogen-bond acceptors (Lipinski definition) is 5. The first-order valence-corrected chi connectivity index (χ1v) is 7.55. The van der Waals surface area contributed by atoms with E-state index in [4.69, 9.17) is 0 Å². The zero-order valence-electron chi connectivity index (χ0n) is 9.80. The van der Waals surface area contributed by atoms with Gasteiger partial charge in [0.05, 0.1) is 0 Å². The number of nitrogens with zero attached hydrogens (tertiary/aromatic N) is 3. The molecule has 1 saturated heterocycles. The molecule has 1 fully saturated rings. The molecule has 1 amide bonds. The molecule has 7 heteroatoms. The largest absolute Gasteiger partial charge is 0.295 e. The molecule has 0 N–H and O–H groups in total. The standard InChI is InChI=1S/C11H12IN3O2S/c1-7(16)18-6-8-4-11(17)15(5-8)10-3-2-9(12)13-14-10/h2-3,8H,4-6H2,1H3. The second-order valence-electron chi connectivity index (χ2n) is 4.09. The van der Waals surface area contributed by atoms with E-state index in [9.17, 15) is 9.59 Å². The molecule has 1 aliphatic heterocycles. The normalized spacial score (nSPS) is 19.3. The van der Waals surface area contributed by atoms with Crippen molar-refractivity contribution in [3.63, 3.8) is 0 Å². The number of aromatic nitrogens is 2. The van der Waals surface area contributed by atoms with Gasteiger partial charge in [-0.3, -0.25) is 14.5 Å². The first-order valence-electron chi connectivity index (χ1n) is 5.49. The molecule has 2 rings (SSSR count). The molecule has 1 aromatic heterocycles. The maximum atomic E-state index is 11.9. The number of hydrogen-bond donors (Lipinski definition) is 0. The van der Waals surface area contributed by atoms with E-state index in [-0.39, 0.29) is 16.9 Å². The van der Waals surface area contributed by atoms with Crippen LogP contribution >= 0.6 is 34.4 Å². The molecule has 96 valence electrons. The Bertz CT molecular complexity index is 466. The van der Waals surface area contributed by atoms with Crippen molar-refractivity contribution in [3.8, 4) is 0 Å². The summed E-state index contributed by atoms with van der Waals surface area (Å²) in [5.74, 6) is 1.55. The Balaban J connectivity index is 2.00. The van der Waals surface area contributed by atoms with Gasteiger partial charge < -0.3 is 0 Å². The van der Waals surface area contributed by atoms with Crippen LogP contribution in [0, 0.1) is 9.62 Å². The van der Waals surface area contributed by atoms with Gasteiger partial charge in [-0.25, -0.2) is 0 Å². The van der Waals surface area contributed by atoms with Crippen molar-refractivity contribution in [3.05, 3.63) is 15.8 Å². The van der Waals surface area contributed by atoms with Crippen LogP contribution in [0.3, 0.4) is 0 Å². The second-order valence-corrected chi connectivity index (χ2v) is 6.39. The van der Waals surface area contributed by atoms with Gasteiger partial charge in [0.25, 0.3) is 0 Å². The highest BCUT2D eigenvalue weighted by Gasteiger charge is 2.31. The molecule has 0 radical (unpaired) electrons. The lowest BCUT2D eigenvalue weighted by atomic mass is 10.1. The minimum absolute atomic E-state index is 0.0552. The summed E-state index contributed by atoms with van der Waals surface area (Å²) >= 11 is 3.35. The molecule has 0 aromatic carbocycles. The van der Waals surface area contributed by atoms with Crippen molar-refractivity contribution >= 4 is 51.2 Å². The van der Waals surface area contributed by atoms with Crippen LogP contribution in [0.1, 0.15) is 13.3 Å². The summed E-state index contributed by atoms with van der Waals surface area (Å²) in [5, 5.41) is 8.05. The highest BCUT2D eigenvalue weighted by Crippen LogP contribution is 2.25. The Morgan fingerprint density at radius 2 is 2.33 bits per heavy atom. The summed E-state index contributed by atoms with van der Waals surface area (Å²) in [6.45, 7) is 2.16. The summed E-state index contributed by atoms with van der Waals surface area (Å²) in [7, 11) is 0. The van der Waals surface area contributed by atoms with Crippen molar-refractivity contribution in [2.45, 2.75) is 13.3 Å². The fourth-order valence-corrected chi connectivity index (χ4v) is 2.78. The fourth-order valence-electron chi connectivity index (χ4n) is 1.80. The van der Waals surface area contributed by atoms with E-state index in [2.05, 4.69) is 32.8 Å². The first kappa shape index (κ1) is 13.7. The molecule has 5 nitrogen and oxygen atoms in total. The Morgan fingerprint density at radius 1 is 1.56 bits per heavy atom. The SMILES string of the molecule is CC(=O)SCC1CC(=O)N(c2ccc(I)nn2)C1. The molecule has 1 unspecified atom stereocenters. The van der Waals surface area contributed by atoms with Crippen LogP contribution in [-0.4, -0.2) is 33.5 Å². The molecule has 0 spiro atoms. The average molecular weight is 377 g/mol. The van der Waals surface area contributed by atoms with E-state index in [0.29, 0.717) is 24.5 Å². The topological polar surface area (TPSA) is 63.2 Å². The molecule has 0 bridgehead atoms. The molecular weight excluding hydrogens is 365 g/mol. The van der Waals surface area contributed by atoms with Gasteiger partial charge in [0.2, 0.25) is 5.91 Å². The number of carbonyl (C=O) groups is 2. The Hall–Kier alpha value is -0.700. The molecule has 1 aromatic rings. The van der Waals surface area contributed by atoms with E-state index in [0.717, 1.165) is 3.70 Å². The number of carbonyl (C=O) groups excluding carboxylic acids is 2. The predicted octanol–water partition coefficient (Wildman–Crippen LogP) is 1.71. The lowest BCUT2D eigenvalue weighted by Gasteiger charge is -2.14. The number of halogens is 1. The van der Waals surface area contributed by atoms with Crippen LogP contribution in [0.5, 0.6) is 0 Å². The van der Waals surface area contributed by atoms with Crippen molar-refractivity contribution in [2.75, 3.05) is 17.2 Å². The third-order valence-corrected chi connectivity index (χ3v) is 4.24. The van der Waals surface area contributed by atoms with Crippen molar-refractivity contribution in [2.24, 2.45) is 5.92 Å². The van der Waals surface area contributed by atoms with E-state index in [1.54, 1.807) is 17.9 Å². The van der Waals surface area contributed by atoms with Crippen LogP contribution in [0.2, 0.25) is 0 Å². The highest BCUT2D eigenvalue weighted by atomic mass is 127. The summed E-state index contributed by atoms with van der Waals surface area (Å²) < 4.78 is 0.798. The molecule has 1 atom stereocenters. The molecule has 18 heavy (non-hydrogen) atoms. The predicted molar refractivity (Wildman–Crippen MR) is 78.3 cm³/mol. The fraction of sp³-hybridized carbons (Fsp3) is 0.455. The number of amides is 1. The van der Waals surface area contributed by atoms with Crippen molar-refractivity contribution in [1.29, 1.82) is 0 Å². The summed E-state index contributed by atoms with van der Waals surface area (Å²) in [6, 6.07) is 3.63. The Morgan fingerprint density at radius 3 is 2.94 bits per heavy atom. The molecular formula is C11H12IN3O2S. The number of rotatable bonds is 3. The monoisotopic (exact) mass is 377 g/mol. The minimum atomic E-state index is 0.0552. The minimum Gasteiger partial charge on any atom is -0.295 e. The zero-order chi connectivity index (χ0) is 13.1. The quantitative estimate of drug-likeness (QED) is 0.751. The molecule has 1 aliphatic rings. The van der Waals surface area contributed by atoms with Gasteiger partial charge in [-0.2, -0.15) is 0 Å². The van der Waals surface area contributed by atoms with Crippen molar-refractivity contribution < 1.29 is 9.59 Å². The summed E-state index contributed by atoms with van der Waals surface area (Å²) in [4.78, 5) is 24.4. The van der Waals surface area contributed by atoms with Crippen LogP contribution in [-0.2, 0) is 9.59 Å². The third-order valence-electron chi connectivity index (χ3n) is 2.62. The third kappa shape index (κ3) is 3.41. The van der Waals surface area contributed by atoms with Crippen molar-refractivity contribution in [1.82, 2.24) is 10.2 Å². The van der Waals surface area contributed by atoms with E-state index in [1.807, 2.05) is 6.07 Å². The Labute approximate surface area is 123 Å². The lowest BCUT2D eigenvalue weighted by Crippen LogP contribution is -2.26. The summed E-state index contributed by atoms with van der Waals surface area (Å²) in [5.41, 5.74) is 0. The Kier molecular flexibility index (Phi) is 4.55.